The van der Waals surface area contributed by atoms with Gasteiger partial charge in [0.2, 0.25) is 0 Å². The van der Waals surface area contributed by atoms with Gasteiger partial charge in [-0.2, -0.15) is 0 Å². The van der Waals surface area contributed by atoms with Crippen molar-refractivity contribution in [3.63, 3.8) is 0 Å². The molecule has 0 aliphatic heterocycles. The van der Waals surface area contributed by atoms with Gasteiger partial charge in [-0.3, -0.25) is 4.79 Å². The van der Waals surface area contributed by atoms with E-state index < -0.39 is 5.97 Å². The van der Waals surface area contributed by atoms with Crippen LogP contribution < -0.4 is 0 Å². The molecule has 0 fully saturated rings. The van der Waals surface area contributed by atoms with Crippen molar-refractivity contribution < 1.29 is 14.6 Å². The quantitative estimate of drug-likeness (QED) is 0.292. The van der Waals surface area contributed by atoms with Gasteiger partial charge < -0.3 is 9.84 Å². The molecule has 0 aromatic heterocycles. The maximum absolute atomic E-state index is 10.4. The topological polar surface area (TPSA) is 46.5 Å². The average Bonchev–Trinajstić information content (AvgIpc) is 2.50. The van der Waals surface area contributed by atoms with Crippen molar-refractivity contribution >= 4 is 5.97 Å². The van der Waals surface area contributed by atoms with Crippen LogP contribution in [-0.4, -0.2) is 24.3 Å². The highest BCUT2D eigenvalue weighted by Gasteiger charge is 2.04. The average molecular weight is 312 g/mol. The number of hydrogen-bond acceptors (Lipinski definition) is 2. The number of carboxylic acid groups (broad SMARTS) is 1. The normalized spacial score (nSPS) is 12.8. The van der Waals surface area contributed by atoms with E-state index in [-0.39, 0.29) is 0 Å². The third-order valence-corrected chi connectivity index (χ3v) is 4.04. The lowest BCUT2D eigenvalue weighted by Crippen LogP contribution is -2.08. The SMILES string of the molecule is CCCCC/C=C/CC(CCCCCCCCC(=O)O)OC. The summed E-state index contributed by atoms with van der Waals surface area (Å²) in [5.74, 6) is -0.675. The zero-order valence-corrected chi connectivity index (χ0v) is 14.7. The van der Waals surface area contributed by atoms with Gasteiger partial charge in [0, 0.05) is 13.5 Å². The van der Waals surface area contributed by atoms with Crippen LogP contribution in [0.1, 0.15) is 90.4 Å². The highest BCUT2D eigenvalue weighted by atomic mass is 16.5. The number of aliphatic carboxylic acids is 1. The monoisotopic (exact) mass is 312 g/mol. The maximum Gasteiger partial charge on any atom is 0.303 e. The van der Waals surface area contributed by atoms with Crippen molar-refractivity contribution in [2.24, 2.45) is 0 Å². The van der Waals surface area contributed by atoms with Crippen LogP contribution in [0.2, 0.25) is 0 Å². The number of carboxylic acids is 1. The van der Waals surface area contributed by atoms with Gasteiger partial charge in [-0.15, -0.1) is 0 Å². The first-order chi connectivity index (χ1) is 10.7. The standard InChI is InChI=1S/C19H36O3/c1-3-4-5-6-9-12-15-18(22-2)16-13-10-7-8-11-14-17-19(20)21/h9,12,18H,3-8,10-11,13-17H2,1-2H3,(H,20,21)/b12-9+. The van der Waals surface area contributed by atoms with E-state index in [0.717, 1.165) is 32.1 Å². The molecular weight excluding hydrogens is 276 g/mol. The molecule has 0 heterocycles. The zero-order valence-electron chi connectivity index (χ0n) is 14.7. The molecule has 1 unspecified atom stereocenters. The molecular formula is C19H36O3. The van der Waals surface area contributed by atoms with Crippen LogP contribution in [0.15, 0.2) is 12.2 Å². The second kappa shape index (κ2) is 16.5. The summed E-state index contributed by atoms with van der Waals surface area (Å²) in [6, 6.07) is 0. The number of ether oxygens (including phenoxy) is 1. The van der Waals surface area contributed by atoms with Gasteiger partial charge in [-0.1, -0.05) is 64.0 Å². The fraction of sp³-hybridized carbons (Fsp3) is 0.842. The third kappa shape index (κ3) is 15.6. The van der Waals surface area contributed by atoms with Crippen molar-refractivity contribution in [2.75, 3.05) is 7.11 Å². The minimum absolute atomic E-state index is 0.316. The minimum Gasteiger partial charge on any atom is -0.481 e. The van der Waals surface area contributed by atoms with Gasteiger partial charge in [0.1, 0.15) is 0 Å². The molecule has 22 heavy (non-hydrogen) atoms. The van der Waals surface area contributed by atoms with E-state index in [0.29, 0.717) is 12.5 Å². The molecule has 0 spiro atoms. The number of methoxy groups -OCH3 is 1. The molecule has 0 saturated heterocycles. The molecule has 1 N–H and O–H groups in total. The Morgan fingerprint density at radius 1 is 1.00 bits per heavy atom. The van der Waals surface area contributed by atoms with Crippen LogP contribution in [0.5, 0.6) is 0 Å². The Balaban J connectivity index is 3.43. The smallest absolute Gasteiger partial charge is 0.303 e. The van der Waals surface area contributed by atoms with E-state index >= 15 is 0 Å². The molecule has 0 aliphatic carbocycles. The van der Waals surface area contributed by atoms with Crippen molar-refractivity contribution in [1.29, 1.82) is 0 Å². The van der Waals surface area contributed by atoms with Crippen LogP contribution in [-0.2, 0) is 9.53 Å². The minimum atomic E-state index is -0.675. The lowest BCUT2D eigenvalue weighted by atomic mass is 10.0. The van der Waals surface area contributed by atoms with E-state index in [1.807, 2.05) is 7.11 Å². The van der Waals surface area contributed by atoms with E-state index in [1.54, 1.807) is 0 Å². The van der Waals surface area contributed by atoms with Crippen LogP contribution in [0.3, 0.4) is 0 Å². The Bertz CT molecular complexity index is 274. The van der Waals surface area contributed by atoms with Crippen molar-refractivity contribution in [3.8, 4) is 0 Å². The second-order valence-corrected chi connectivity index (χ2v) is 6.11. The van der Waals surface area contributed by atoms with Crippen LogP contribution in [0, 0.1) is 0 Å². The first kappa shape index (κ1) is 21.2. The summed E-state index contributed by atoms with van der Waals surface area (Å²) in [6.07, 6.45) is 19.2. The predicted octanol–water partition coefficient (Wildman–Crippen LogP) is 5.73. The number of rotatable bonds is 16. The molecule has 0 saturated carbocycles. The van der Waals surface area contributed by atoms with Gasteiger partial charge in [-0.25, -0.2) is 0 Å². The summed E-state index contributed by atoms with van der Waals surface area (Å²) in [7, 11) is 1.81. The van der Waals surface area contributed by atoms with Crippen LogP contribution >= 0.6 is 0 Å². The molecule has 0 bridgehead atoms. The zero-order chi connectivity index (χ0) is 16.5. The molecule has 0 aliphatic rings. The summed E-state index contributed by atoms with van der Waals surface area (Å²) in [5.41, 5.74) is 0. The van der Waals surface area contributed by atoms with Gasteiger partial charge in [-0.05, 0) is 32.1 Å². The summed E-state index contributed by atoms with van der Waals surface area (Å²) in [5, 5.41) is 8.55. The first-order valence-electron chi connectivity index (χ1n) is 9.10. The fourth-order valence-corrected chi connectivity index (χ4v) is 2.57. The summed E-state index contributed by atoms with van der Waals surface area (Å²) >= 11 is 0. The first-order valence-corrected chi connectivity index (χ1v) is 9.10. The molecule has 0 rings (SSSR count). The Kier molecular flexibility index (Phi) is 15.9. The molecule has 0 amide bonds. The molecule has 1 atom stereocenters. The van der Waals surface area contributed by atoms with Crippen molar-refractivity contribution in [1.82, 2.24) is 0 Å². The second-order valence-electron chi connectivity index (χ2n) is 6.11. The van der Waals surface area contributed by atoms with Gasteiger partial charge in [0.25, 0.3) is 0 Å². The fourth-order valence-electron chi connectivity index (χ4n) is 2.57. The molecule has 3 nitrogen and oxygen atoms in total. The maximum atomic E-state index is 10.4. The van der Waals surface area contributed by atoms with Crippen LogP contribution in [0.25, 0.3) is 0 Å². The predicted molar refractivity (Wildman–Crippen MR) is 93.3 cm³/mol. The van der Waals surface area contributed by atoms with Gasteiger partial charge in [0.15, 0.2) is 0 Å². The highest BCUT2D eigenvalue weighted by molar-refractivity contribution is 5.66. The van der Waals surface area contributed by atoms with E-state index in [1.165, 1.54) is 44.9 Å². The van der Waals surface area contributed by atoms with E-state index in [4.69, 9.17) is 9.84 Å². The van der Waals surface area contributed by atoms with E-state index in [2.05, 4.69) is 19.1 Å². The summed E-state index contributed by atoms with van der Waals surface area (Å²) in [4.78, 5) is 10.4. The Morgan fingerprint density at radius 3 is 2.32 bits per heavy atom. The third-order valence-electron chi connectivity index (χ3n) is 4.04. The van der Waals surface area contributed by atoms with Gasteiger partial charge >= 0.3 is 5.97 Å². The van der Waals surface area contributed by atoms with Crippen molar-refractivity contribution in [2.45, 2.75) is 96.5 Å². The largest absolute Gasteiger partial charge is 0.481 e. The Labute approximate surface area is 137 Å². The van der Waals surface area contributed by atoms with E-state index in [9.17, 15) is 4.79 Å². The summed E-state index contributed by atoms with van der Waals surface area (Å²) < 4.78 is 5.53. The number of allylic oxidation sites excluding steroid dienone is 1. The molecule has 0 radical (unpaired) electrons. The number of unbranched alkanes of at least 4 members (excludes halogenated alkanes) is 8. The lowest BCUT2D eigenvalue weighted by molar-refractivity contribution is -0.137. The van der Waals surface area contributed by atoms with Crippen molar-refractivity contribution in [3.05, 3.63) is 12.2 Å². The van der Waals surface area contributed by atoms with Gasteiger partial charge in [0.05, 0.1) is 6.10 Å². The van der Waals surface area contributed by atoms with Crippen LogP contribution in [0.4, 0.5) is 0 Å². The molecule has 3 heteroatoms. The molecule has 130 valence electrons. The highest BCUT2D eigenvalue weighted by Crippen LogP contribution is 2.13. The number of hydrogen-bond donors (Lipinski definition) is 1. The molecule has 0 aromatic rings. The summed E-state index contributed by atoms with van der Waals surface area (Å²) in [6.45, 7) is 2.23. The number of carbonyl (C=O) groups is 1. The Morgan fingerprint density at radius 2 is 1.68 bits per heavy atom. The Hall–Kier alpha value is -0.830. The molecule has 0 aromatic carbocycles. The lowest BCUT2D eigenvalue weighted by Gasteiger charge is -2.12.